The molecule has 1 aromatic carbocycles. The number of benzene rings is 1. The zero-order valence-corrected chi connectivity index (χ0v) is 11.7. The summed E-state index contributed by atoms with van der Waals surface area (Å²) in [6.45, 7) is 2.48. The van der Waals surface area contributed by atoms with Crippen molar-refractivity contribution < 1.29 is 13.9 Å². The fraction of sp³-hybridized carbons (Fsp3) is 0.600. The van der Waals surface area contributed by atoms with Gasteiger partial charge in [0.2, 0.25) is 0 Å². The molecule has 1 aliphatic rings. The number of hydrogen-bond acceptors (Lipinski definition) is 3. The van der Waals surface area contributed by atoms with Crippen LogP contribution in [0.3, 0.4) is 0 Å². The summed E-state index contributed by atoms with van der Waals surface area (Å²) in [5, 5.41) is 3.42. The lowest BCUT2D eigenvalue weighted by Crippen LogP contribution is -2.24. The van der Waals surface area contributed by atoms with Crippen molar-refractivity contribution in [2.45, 2.75) is 25.8 Å². The minimum Gasteiger partial charge on any atom is -0.494 e. The summed E-state index contributed by atoms with van der Waals surface area (Å²) in [6.07, 6.45) is 3.63. The number of nitrogens with one attached hydrogen (secondary N) is 1. The fourth-order valence-electron chi connectivity index (χ4n) is 2.30. The molecule has 0 radical (unpaired) electrons. The van der Waals surface area contributed by atoms with E-state index in [1.807, 2.05) is 6.07 Å². The molecule has 0 unspecified atom stereocenters. The van der Waals surface area contributed by atoms with Gasteiger partial charge in [0.25, 0.3) is 0 Å². The van der Waals surface area contributed by atoms with E-state index in [0.29, 0.717) is 17.7 Å². The Kier molecular flexibility index (Phi) is 4.77. The van der Waals surface area contributed by atoms with Crippen molar-refractivity contribution in [3.05, 3.63) is 29.6 Å². The molecule has 3 nitrogen and oxygen atoms in total. The van der Waals surface area contributed by atoms with E-state index in [4.69, 9.17) is 9.47 Å². The molecule has 0 bridgehead atoms. The Morgan fingerprint density at radius 3 is 2.68 bits per heavy atom. The third-order valence-corrected chi connectivity index (χ3v) is 3.84. The van der Waals surface area contributed by atoms with E-state index in [9.17, 15) is 4.39 Å². The number of ether oxygens (including phenoxy) is 2. The van der Waals surface area contributed by atoms with E-state index in [2.05, 4.69) is 5.32 Å². The summed E-state index contributed by atoms with van der Waals surface area (Å²) in [6, 6.07) is 5.09. The lowest BCUT2D eigenvalue weighted by atomic mass is 10.0. The van der Waals surface area contributed by atoms with E-state index in [0.717, 1.165) is 25.1 Å². The lowest BCUT2D eigenvalue weighted by molar-refractivity contribution is 0.171. The molecular formula is C15H22FNO2. The van der Waals surface area contributed by atoms with Gasteiger partial charge < -0.3 is 14.8 Å². The van der Waals surface area contributed by atoms with Gasteiger partial charge in [-0.05, 0) is 42.4 Å². The Morgan fingerprint density at radius 1 is 1.32 bits per heavy atom. The zero-order valence-electron chi connectivity index (χ0n) is 11.7. The highest BCUT2D eigenvalue weighted by Crippen LogP contribution is 2.48. The molecule has 4 heteroatoms. The Morgan fingerprint density at radius 2 is 2.11 bits per heavy atom. The summed E-state index contributed by atoms with van der Waals surface area (Å²) in [5.74, 6) is -0.00942. The van der Waals surface area contributed by atoms with Gasteiger partial charge in [-0.15, -0.1) is 0 Å². The normalized spacial score (nSPS) is 16.4. The van der Waals surface area contributed by atoms with E-state index in [-0.39, 0.29) is 5.82 Å². The standard InChI is InChI=1S/C15H22FNO2/c1-18-8-7-15(5-6-15)11-17-10-12-3-4-14(19-2)13(16)9-12/h3-4,9,17H,5-8,10-11H2,1-2H3. The van der Waals surface area contributed by atoms with Gasteiger partial charge in [0.1, 0.15) is 0 Å². The van der Waals surface area contributed by atoms with Crippen LogP contribution in [0.25, 0.3) is 0 Å². The van der Waals surface area contributed by atoms with Crippen molar-refractivity contribution >= 4 is 0 Å². The molecule has 19 heavy (non-hydrogen) atoms. The molecule has 1 aliphatic carbocycles. The number of rotatable bonds is 8. The molecule has 1 N–H and O–H groups in total. The van der Waals surface area contributed by atoms with E-state index in [1.165, 1.54) is 26.0 Å². The van der Waals surface area contributed by atoms with E-state index < -0.39 is 0 Å². The maximum Gasteiger partial charge on any atom is 0.165 e. The topological polar surface area (TPSA) is 30.5 Å². The summed E-state index contributed by atoms with van der Waals surface area (Å²) in [4.78, 5) is 0. The second kappa shape index (κ2) is 6.35. The fourth-order valence-corrected chi connectivity index (χ4v) is 2.30. The highest BCUT2D eigenvalue weighted by Gasteiger charge is 2.41. The van der Waals surface area contributed by atoms with Crippen LogP contribution in [-0.4, -0.2) is 27.4 Å². The van der Waals surface area contributed by atoms with Crippen molar-refractivity contribution in [1.82, 2.24) is 5.32 Å². The molecule has 0 spiro atoms. The van der Waals surface area contributed by atoms with Gasteiger partial charge in [-0.3, -0.25) is 0 Å². The van der Waals surface area contributed by atoms with E-state index >= 15 is 0 Å². The first kappa shape index (κ1) is 14.3. The van der Waals surface area contributed by atoms with E-state index in [1.54, 1.807) is 13.2 Å². The molecule has 0 heterocycles. The first-order valence-electron chi connectivity index (χ1n) is 6.71. The van der Waals surface area contributed by atoms with Gasteiger partial charge >= 0.3 is 0 Å². The zero-order chi connectivity index (χ0) is 13.7. The minimum absolute atomic E-state index is 0.294. The van der Waals surface area contributed by atoms with Crippen LogP contribution in [0.2, 0.25) is 0 Å². The number of methoxy groups -OCH3 is 2. The lowest BCUT2D eigenvalue weighted by Gasteiger charge is -2.15. The van der Waals surface area contributed by atoms with Crippen LogP contribution in [0, 0.1) is 11.2 Å². The summed E-state index contributed by atoms with van der Waals surface area (Å²) >= 11 is 0. The van der Waals surface area contributed by atoms with Crippen molar-refractivity contribution in [3.8, 4) is 5.75 Å². The molecule has 0 aliphatic heterocycles. The molecule has 0 amide bonds. The number of hydrogen-bond donors (Lipinski definition) is 1. The van der Waals surface area contributed by atoms with Crippen LogP contribution in [-0.2, 0) is 11.3 Å². The second-order valence-electron chi connectivity index (χ2n) is 5.32. The predicted molar refractivity (Wildman–Crippen MR) is 72.8 cm³/mol. The molecule has 0 atom stereocenters. The van der Waals surface area contributed by atoms with Crippen LogP contribution in [0.15, 0.2) is 18.2 Å². The third-order valence-electron chi connectivity index (χ3n) is 3.84. The monoisotopic (exact) mass is 267 g/mol. The highest BCUT2D eigenvalue weighted by atomic mass is 19.1. The summed E-state index contributed by atoms with van der Waals surface area (Å²) < 4.78 is 23.6. The molecule has 1 saturated carbocycles. The molecular weight excluding hydrogens is 245 g/mol. The summed E-state index contributed by atoms with van der Waals surface area (Å²) in [5.41, 5.74) is 1.36. The van der Waals surface area contributed by atoms with Gasteiger partial charge in [0, 0.05) is 26.8 Å². The van der Waals surface area contributed by atoms with Crippen LogP contribution in [0.5, 0.6) is 5.75 Å². The second-order valence-corrected chi connectivity index (χ2v) is 5.32. The van der Waals surface area contributed by atoms with Crippen molar-refractivity contribution in [1.29, 1.82) is 0 Å². The van der Waals surface area contributed by atoms with Crippen molar-refractivity contribution in [2.75, 3.05) is 27.4 Å². The average molecular weight is 267 g/mol. The maximum atomic E-state index is 13.5. The molecule has 106 valence electrons. The van der Waals surface area contributed by atoms with Crippen LogP contribution in [0.1, 0.15) is 24.8 Å². The van der Waals surface area contributed by atoms with Crippen molar-refractivity contribution in [2.24, 2.45) is 5.41 Å². The Bertz CT molecular complexity index is 419. The first-order chi connectivity index (χ1) is 9.19. The summed E-state index contributed by atoms with van der Waals surface area (Å²) in [7, 11) is 3.21. The Balaban J connectivity index is 1.78. The van der Waals surface area contributed by atoms with Crippen molar-refractivity contribution in [3.63, 3.8) is 0 Å². The highest BCUT2D eigenvalue weighted by molar-refractivity contribution is 5.29. The molecule has 0 saturated heterocycles. The smallest absolute Gasteiger partial charge is 0.165 e. The quantitative estimate of drug-likeness (QED) is 0.785. The molecule has 1 aromatic rings. The number of halogens is 1. The molecule has 0 aromatic heterocycles. The van der Waals surface area contributed by atoms with Gasteiger partial charge in [0.05, 0.1) is 7.11 Å². The first-order valence-corrected chi connectivity index (χ1v) is 6.71. The Hall–Kier alpha value is -1.13. The third kappa shape index (κ3) is 3.91. The molecule has 1 fully saturated rings. The minimum atomic E-state index is -0.303. The largest absolute Gasteiger partial charge is 0.494 e. The van der Waals surface area contributed by atoms with Gasteiger partial charge in [-0.2, -0.15) is 0 Å². The van der Waals surface area contributed by atoms with Gasteiger partial charge in [0.15, 0.2) is 11.6 Å². The van der Waals surface area contributed by atoms with Crippen LogP contribution >= 0.6 is 0 Å². The predicted octanol–water partition coefficient (Wildman–Crippen LogP) is 2.74. The Labute approximate surface area is 114 Å². The average Bonchev–Trinajstić information content (AvgIpc) is 3.17. The SMILES string of the molecule is COCCC1(CNCc2ccc(OC)c(F)c2)CC1. The molecule has 2 rings (SSSR count). The van der Waals surface area contributed by atoms with Crippen LogP contribution < -0.4 is 10.1 Å². The van der Waals surface area contributed by atoms with Crippen LogP contribution in [0.4, 0.5) is 4.39 Å². The van der Waals surface area contributed by atoms with Gasteiger partial charge in [-0.25, -0.2) is 4.39 Å². The maximum absolute atomic E-state index is 13.5. The van der Waals surface area contributed by atoms with Gasteiger partial charge in [-0.1, -0.05) is 6.07 Å².